The molecule has 0 saturated heterocycles. The number of aromatic nitrogens is 2. The van der Waals surface area contributed by atoms with Crippen LogP contribution in [0.4, 0.5) is 0 Å². The molecule has 0 atom stereocenters. The van der Waals surface area contributed by atoms with E-state index in [4.69, 9.17) is 5.11 Å². The highest BCUT2D eigenvalue weighted by Gasteiger charge is 2.11. The van der Waals surface area contributed by atoms with Gasteiger partial charge in [0.1, 0.15) is 11.6 Å². The minimum Gasteiger partial charge on any atom is -0.478 e. The molecule has 17 heavy (non-hydrogen) atoms. The molecule has 90 valence electrons. The Morgan fingerprint density at radius 2 is 2.18 bits per heavy atom. The fourth-order valence-corrected chi connectivity index (χ4v) is 2.15. The minimum atomic E-state index is -3.16. The third-order valence-corrected chi connectivity index (χ3v) is 2.97. The van der Waals surface area contributed by atoms with Gasteiger partial charge in [0.25, 0.3) is 0 Å². The number of aromatic carboxylic acids is 1. The maximum Gasteiger partial charge on any atom is 0.335 e. The molecular weight excluding hydrogens is 244 g/mol. The van der Waals surface area contributed by atoms with Crippen LogP contribution in [0, 0.1) is 0 Å². The van der Waals surface area contributed by atoms with E-state index < -0.39 is 15.8 Å². The molecule has 1 aromatic carbocycles. The van der Waals surface area contributed by atoms with Crippen LogP contribution in [0.1, 0.15) is 16.2 Å². The summed E-state index contributed by atoms with van der Waals surface area (Å²) in [5.74, 6) is -0.916. The van der Waals surface area contributed by atoms with Crippen molar-refractivity contribution in [1.29, 1.82) is 0 Å². The van der Waals surface area contributed by atoms with Crippen LogP contribution in [0.2, 0.25) is 0 Å². The van der Waals surface area contributed by atoms with Gasteiger partial charge in [0, 0.05) is 6.26 Å². The van der Waals surface area contributed by atoms with E-state index in [1.54, 1.807) is 6.07 Å². The number of fused-ring (bicyclic) bond motifs is 1. The molecule has 0 unspecified atom stereocenters. The Labute approximate surface area is 97.2 Å². The number of carboxylic acid groups (broad SMARTS) is 1. The summed E-state index contributed by atoms with van der Waals surface area (Å²) in [5, 5.41) is 8.81. The van der Waals surface area contributed by atoms with Gasteiger partial charge in [-0.1, -0.05) is 0 Å². The number of benzene rings is 1. The third-order valence-electron chi connectivity index (χ3n) is 2.18. The number of H-pyrrole nitrogens is 1. The maximum absolute atomic E-state index is 11.1. The fraction of sp³-hybridized carbons (Fsp3) is 0.200. The molecule has 0 saturated carbocycles. The standard InChI is InChI=1S/C10H10N2O4S/c1-17(15,16)5-9-11-7-3-2-6(10(13)14)4-8(7)12-9/h2-4H,5H2,1H3,(H,11,12)(H,13,14). The highest BCUT2D eigenvalue weighted by molar-refractivity contribution is 7.89. The molecule has 0 aliphatic heterocycles. The molecule has 1 heterocycles. The van der Waals surface area contributed by atoms with Crippen molar-refractivity contribution in [1.82, 2.24) is 9.97 Å². The molecular formula is C10H10N2O4S. The van der Waals surface area contributed by atoms with E-state index in [0.717, 1.165) is 6.26 Å². The Bertz CT molecular complexity index is 687. The summed E-state index contributed by atoms with van der Waals surface area (Å²) in [4.78, 5) is 17.6. The molecule has 0 amide bonds. The quantitative estimate of drug-likeness (QED) is 0.844. The number of hydrogen-bond acceptors (Lipinski definition) is 4. The zero-order chi connectivity index (χ0) is 12.6. The Morgan fingerprint density at radius 1 is 1.47 bits per heavy atom. The van der Waals surface area contributed by atoms with Crippen molar-refractivity contribution in [3.8, 4) is 0 Å². The van der Waals surface area contributed by atoms with Crippen LogP contribution in [0.25, 0.3) is 11.0 Å². The predicted molar refractivity (Wildman–Crippen MR) is 61.6 cm³/mol. The van der Waals surface area contributed by atoms with Gasteiger partial charge in [-0.2, -0.15) is 0 Å². The summed E-state index contributed by atoms with van der Waals surface area (Å²) < 4.78 is 22.2. The van der Waals surface area contributed by atoms with Crippen LogP contribution >= 0.6 is 0 Å². The number of hydrogen-bond donors (Lipinski definition) is 2. The summed E-state index contributed by atoms with van der Waals surface area (Å²) in [7, 11) is -3.16. The predicted octanol–water partition coefficient (Wildman–Crippen LogP) is 0.806. The van der Waals surface area contributed by atoms with Crippen LogP contribution in [-0.2, 0) is 15.6 Å². The summed E-state index contributed by atoms with van der Waals surface area (Å²) in [6, 6.07) is 4.40. The molecule has 7 heteroatoms. The first-order valence-electron chi connectivity index (χ1n) is 4.75. The average molecular weight is 254 g/mol. The number of nitrogens with one attached hydrogen (secondary N) is 1. The molecule has 1 aromatic heterocycles. The van der Waals surface area contributed by atoms with Crippen molar-refractivity contribution >= 4 is 26.8 Å². The number of carboxylic acids is 1. The lowest BCUT2D eigenvalue weighted by Gasteiger charge is -1.92. The van der Waals surface area contributed by atoms with Gasteiger partial charge in [-0.3, -0.25) is 0 Å². The molecule has 2 aromatic rings. The summed E-state index contributed by atoms with van der Waals surface area (Å²) in [5.41, 5.74) is 1.20. The number of sulfone groups is 1. The zero-order valence-electron chi connectivity index (χ0n) is 8.97. The normalized spacial score (nSPS) is 11.8. The Balaban J connectivity index is 2.47. The highest BCUT2D eigenvalue weighted by atomic mass is 32.2. The second kappa shape index (κ2) is 3.85. The van der Waals surface area contributed by atoms with E-state index in [-0.39, 0.29) is 11.3 Å². The minimum absolute atomic E-state index is 0.132. The number of imidazole rings is 1. The van der Waals surface area contributed by atoms with E-state index in [9.17, 15) is 13.2 Å². The van der Waals surface area contributed by atoms with Crippen molar-refractivity contribution in [2.24, 2.45) is 0 Å². The van der Waals surface area contributed by atoms with E-state index >= 15 is 0 Å². The SMILES string of the molecule is CS(=O)(=O)Cc1nc2ccc(C(=O)O)cc2[nH]1. The molecule has 0 bridgehead atoms. The van der Waals surface area contributed by atoms with Crippen LogP contribution in [0.15, 0.2) is 18.2 Å². The Morgan fingerprint density at radius 3 is 2.76 bits per heavy atom. The first kappa shape index (κ1) is 11.6. The molecule has 0 aliphatic rings. The Hall–Kier alpha value is -1.89. The molecule has 0 aliphatic carbocycles. The highest BCUT2D eigenvalue weighted by Crippen LogP contribution is 2.15. The van der Waals surface area contributed by atoms with Gasteiger partial charge >= 0.3 is 5.97 Å². The summed E-state index contributed by atoms with van der Waals surface area (Å²) >= 11 is 0. The first-order chi connectivity index (χ1) is 7.85. The lowest BCUT2D eigenvalue weighted by molar-refractivity contribution is 0.0697. The van der Waals surface area contributed by atoms with E-state index in [1.807, 2.05) is 0 Å². The first-order valence-corrected chi connectivity index (χ1v) is 6.81. The van der Waals surface area contributed by atoms with E-state index in [1.165, 1.54) is 12.1 Å². The van der Waals surface area contributed by atoms with Crippen molar-refractivity contribution in [2.75, 3.05) is 6.26 Å². The van der Waals surface area contributed by atoms with Gasteiger partial charge in [-0.25, -0.2) is 18.2 Å². The molecule has 0 spiro atoms. The number of aromatic amines is 1. The van der Waals surface area contributed by atoms with Crippen molar-refractivity contribution in [3.63, 3.8) is 0 Å². The van der Waals surface area contributed by atoms with Crippen molar-refractivity contribution in [2.45, 2.75) is 5.75 Å². The van der Waals surface area contributed by atoms with Crippen LogP contribution < -0.4 is 0 Å². The topological polar surface area (TPSA) is 100 Å². The Kier molecular flexibility index (Phi) is 2.62. The van der Waals surface area contributed by atoms with Gasteiger partial charge in [0.05, 0.1) is 16.6 Å². The monoisotopic (exact) mass is 254 g/mol. The molecule has 0 radical (unpaired) electrons. The van der Waals surface area contributed by atoms with Gasteiger partial charge in [0.15, 0.2) is 9.84 Å². The molecule has 2 rings (SSSR count). The van der Waals surface area contributed by atoms with Gasteiger partial charge in [-0.05, 0) is 18.2 Å². The number of rotatable bonds is 3. The van der Waals surface area contributed by atoms with Gasteiger partial charge in [0.2, 0.25) is 0 Å². The van der Waals surface area contributed by atoms with Crippen molar-refractivity contribution in [3.05, 3.63) is 29.6 Å². The fourth-order valence-electron chi connectivity index (χ4n) is 1.51. The zero-order valence-corrected chi connectivity index (χ0v) is 9.78. The number of nitrogens with zero attached hydrogens (tertiary/aromatic N) is 1. The summed E-state index contributed by atoms with van der Waals surface area (Å²) in [6.45, 7) is 0. The lowest BCUT2D eigenvalue weighted by Crippen LogP contribution is -2.01. The van der Waals surface area contributed by atoms with Crippen molar-refractivity contribution < 1.29 is 18.3 Å². The second-order valence-corrected chi connectivity index (χ2v) is 5.93. The van der Waals surface area contributed by atoms with Gasteiger partial charge < -0.3 is 10.1 Å². The van der Waals surface area contributed by atoms with E-state index in [0.29, 0.717) is 16.9 Å². The second-order valence-electron chi connectivity index (χ2n) is 3.79. The lowest BCUT2D eigenvalue weighted by atomic mass is 10.2. The largest absolute Gasteiger partial charge is 0.478 e. The molecule has 6 nitrogen and oxygen atoms in total. The third kappa shape index (κ3) is 2.62. The smallest absolute Gasteiger partial charge is 0.335 e. The van der Waals surface area contributed by atoms with Crippen LogP contribution in [0.3, 0.4) is 0 Å². The van der Waals surface area contributed by atoms with Crippen LogP contribution in [-0.4, -0.2) is 35.7 Å². The van der Waals surface area contributed by atoms with E-state index in [2.05, 4.69) is 9.97 Å². The maximum atomic E-state index is 11.1. The average Bonchev–Trinajstić information content (AvgIpc) is 2.54. The summed E-state index contributed by atoms with van der Waals surface area (Å²) in [6.07, 6.45) is 1.11. The molecule has 0 fully saturated rings. The number of carbonyl (C=O) groups is 1. The van der Waals surface area contributed by atoms with Gasteiger partial charge in [-0.15, -0.1) is 0 Å². The molecule has 2 N–H and O–H groups in total. The van der Waals surface area contributed by atoms with Crippen LogP contribution in [0.5, 0.6) is 0 Å².